The molecular formula is C18H19NO2. The molecule has 3 nitrogen and oxygen atoms in total. The molecule has 0 heterocycles. The Balaban J connectivity index is 1.64. The van der Waals surface area contributed by atoms with Crippen molar-refractivity contribution in [3.8, 4) is 0 Å². The van der Waals surface area contributed by atoms with Crippen LogP contribution in [-0.4, -0.2) is 11.0 Å². The van der Waals surface area contributed by atoms with Crippen molar-refractivity contribution >= 4 is 11.6 Å². The zero-order valence-corrected chi connectivity index (χ0v) is 12.0. The first-order valence-corrected chi connectivity index (χ1v) is 7.29. The normalized spacial score (nSPS) is 21.6. The molecule has 21 heavy (non-hydrogen) atoms. The maximum Gasteiger partial charge on any atom is 0.228 e. The van der Waals surface area contributed by atoms with E-state index in [0.29, 0.717) is 5.92 Å². The van der Waals surface area contributed by atoms with Gasteiger partial charge in [-0.15, -0.1) is 0 Å². The van der Waals surface area contributed by atoms with Crippen molar-refractivity contribution in [3.63, 3.8) is 0 Å². The van der Waals surface area contributed by atoms with Crippen LogP contribution in [0.25, 0.3) is 0 Å². The summed E-state index contributed by atoms with van der Waals surface area (Å²) in [6.07, 6.45) is 0.381. The molecule has 1 fully saturated rings. The van der Waals surface area contributed by atoms with Crippen LogP contribution in [0.3, 0.4) is 0 Å². The van der Waals surface area contributed by atoms with Crippen LogP contribution < -0.4 is 5.32 Å². The summed E-state index contributed by atoms with van der Waals surface area (Å²) in [5.74, 6) is 0.459. The predicted octanol–water partition coefficient (Wildman–Crippen LogP) is 3.48. The number of carbonyl (C=O) groups is 1. The lowest BCUT2D eigenvalue weighted by molar-refractivity contribution is -0.117. The van der Waals surface area contributed by atoms with Gasteiger partial charge in [-0.05, 0) is 42.5 Å². The summed E-state index contributed by atoms with van der Waals surface area (Å²) in [6.45, 7) is 1.72. The quantitative estimate of drug-likeness (QED) is 0.901. The smallest absolute Gasteiger partial charge is 0.228 e. The van der Waals surface area contributed by atoms with Gasteiger partial charge in [0.2, 0.25) is 5.91 Å². The molecule has 108 valence electrons. The van der Waals surface area contributed by atoms with E-state index >= 15 is 0 Å². The number of hydrogen-bond donors (Lipinski definition) is 2. The minimum absolute atomic E-state index is 0.0580. The Morgan fingerprint density at radius 3 is 2.67 bits per heavy atom. The van der Waals surface area contributed by atoms with Crippen molar-refractivity contribution in [2.75, 3.05) is 5.32 Å². The van der Waals surface area contributed by atoms with E-state index < -0.39 is 6.10 Å². The standard InChI is InChI=1S/C18H19NO2/c1-12(20)14-8-5-9-15(10-14)19-18(21)17-11-16(17)13-6-3-2-4-7-13/h2-10,12,16-17,20H,11H2,1H3,(H,19,21). The first-order valence-electron chi connectivity index (χ1n) is 7.29. The lowest BCUT2D eigenvalue weighted by Gasteiger charge is -2.09. The van der Waals surface area contributed by atoms with Crippen molar-refractivity contribution in [2.45, 2.75) is 25.4 Å². The van der Waals surface area contributed by atoms with Crippen LogP contribution in [-0.2, 0) is 4.79 Å². The monoisotopic (exact) mass is 281 g/mol. The Hall–Kier alpha value is -2.13. The van der Waals surface area contributed by atoms with Gasteiger partial charge in [-0.25, -0.2) is 0 Å². The Morgan fingerprint density at radius 2 is 1.95 bits per heavy atom. The van der Waals surface area contributed by atoms with E-state index in [4.69, 9.17) is 0 Å². The molecule has 0 saturated heterocycles. The largest absolute Gasteiger partial charge is 0.389 e. The Kier molecular flexibility index (Phi) is 3.76. The minimum Gasteiger partial charge on any atom is -0.389 e. The van der Waals surface area contributed by atoms with Gasteiger partial charge in [0.15, 0.2) is 0 Å². The molecule has 0 bridgehead atoms. The molecular weight excluding hydrogens is 262 g/mol. The molecule has 0 aromatic heterocycles. The van der Waals surface area contributed by atoms with Crippen molar-refractivity contribution in [1.29, 1.82) is 0 Å². The van der Waals surface area contributed by atoms with Gasteiger partial charge in [-0.1, -0.05) is 42.5 Å². The topological polar surface area (TPSA) is 49.3 Å². The highest BCUT2D eigenvalue weighted by atomic mass is 16.3. The van der Waals surface area contributed by atoms with Crippen molar-refractivity contribution in [2.24, 2.45) is 5.92 Å². The SMILES string of the molecule is CC(O)c1cccc(NC(=O)C2CC2c2ccccc2)c1. The maximum atomic E-state index is 12.3. The average molecular weight is 281 g/mol. The fourth-order valence-electron chi connectivity index (χ4n) is 2.66. The van der Waals surface area contributed by atoms with Gasteiger partial charge >= 0.3 is 0 Å². The number of rotatable bonds is 4. The lowest BCUT2D eigenvalue weighted by Crippen LogP contribution is -2.14. The fraction of sp³-hybridized carbons (Fsp3) is 0.278. The van der Waals surface area contributed by atoms with Crippen LogP contribution in [0.15, 0.2) is 54.6 Å². The van der Waals surface area contributed by atoms with Gasteiger partial charge < -0.3 is 10.4 Å². The van der Waals surface area contributed by atoms with E-state index in [-0.39, 0.29) is 11.8 Å². The number of aliphatic hydroxyl groups is 1. The molecule has 1 amide bonds. The average Bonchev–Trinajstić information content (AvgIpc) is 3.29. The molecule has 0 spiro atoms. The number of hydrogen-bond acceptors (Lipinski definition) is 2. The Bertz CT molecular complexity index is 637. The number of amides is 1. The number of aliphatic hydroxyl groups excluding tert-OH is 1. The van der Waals surface area contributed by atoms with Crippen LogP contribution >= 0.6 is 0 Å². The van der Waals surface area contributed by atoms with E-state index in [2.05, 4.69) is 17.4 Å². The zero-order valence-electron chi connectivity index (χ0n) is 12.0. The van der Waals surface area contributed by atoms with Gasteiger partial charge in [0.05, 0.1) is 6.10 Å². The maximum absolute atomic E-state index is 12.3. The van der Waals surface area contributed by atoms with E-state index in [0.717, 1.165) is 17.7 Å². The summed E-state index contributed by atoms with van der Waals surface area (Å²) >= 11 is 0. The molecule has 1 aliphatic rings. The van der Waals surface area contributed by atoms with Crippen molar-refractivity contribution in [3.05, 3.63) is 65.7 Å². The van der Waals surface area contributed by atoms with Crippen LogP contribution in [0.5, 0.6) is 0 Å². The molecule has 3 atom stereocenters. The highest BCUT2D eigenvalue weighted by Crippen LogP contribution is 2.47. The van der Waals surface area contributed by atoms with Gasteiger partial charge in [-0.3, -0.25) is 4.79 Å². The predicted molar refractivity (Wildman–Crippen MR) is 83.0 cm³/mol. The third kappa shape index (κ3) is 3.14. The summed E-state index contributed by atoms with van der Waals surface area (Å²) in [6, 6.07) is 17.5. The molecule has 0 aliphatic heterocycles. The van der Waals surface area contributed by atoms with Gasteiger partial charge in [-0.2, -0.15) is 0 Å². The molecule has 2 aromatic carbocycles. The first-order chi connectivity index (χ1) is 10.1. The zero-order chi connectivity index (χ0) is 14.8. The molecule has 3 heteroatoms. The minimum atomic E-state index is -0.528. The van der Waals surface area contributed by atoms with Crippen LogP contribution in [0, 0.1) is 5.92 Å². The highest BCUT2D eigenvalue weighted by molar-refractivity contribution is 5.95. The Morgan fingerprint density at radius 1 is 1.19 bits per heavy atom. The van der Waals surface area contributed by atoms with Crippen LogP contribution in [0.2, 0.25) is 0 Å². The van der Waals surface area contributed by atoms with E-state index in [1.54, 1.807) is 6.92 Å². The molecule has 3 rings (SSSR count). The third-order valence-electron chi connectivity index (χ3n) is 3.99. The van der Waals surface area contributed by atoms with Gasteiger partial charge in [0.1, 0.15) is 0 Å². The summed E-state index contributed by atoms with van der Waals surface area (Å²) in [7, 11) is 0. The van der Waals surface area contributed by atoms with E-state index in [1.165, 1.54) is 5.56 Å². The molecule has 1 saturated carbocycles. The van der Waals surface area contributed by atoms with E-state index in [9.17, 15) is 9.90 Å². The van der Waals surface area contributed by atoms with Crippen molar-refractivity contribution in [1.82, 2.24) is 0 Å². The lowest BCUT2D eigenvalue weighted by atomic mass is 10.1. The Labute approximate surface area is 124 Å². The van der Waals surface area contributed by atoms with Gasteiger partial charge in [0, 0.05) is 11.6 Å². The number of nitrogens with one attached hydrogen (secondary N) is 1. The summed E-state index contributed by atoms with van der Waals surface area (Å²) < 4.78 is 0. The number of benzene rings is 2. The summed E-state index contributed by atoms with van der Waals surface area (Å²) in [4.78, 5) is 12.3. The molecule has 2 N–H and O–H groups in total. The highest BCUT2D eigenvalue weighted by Gasteiger charge is 2.43. The summed E-state index contributed by atoms with van der Waals surface area (Å²) in [5.41, 5.74) is 2.79. The van der Waals surface area contributed by atoms with E-state index in [1.807, 2.05) is 42.5 Å². The molecule has 1 aliphatic carbocycles. The summed E-state index contributed by atoms with van der Waals surface area (Å²) in [5, 5.41) is 12.5. The second-order valence-electron chi connectivity index (χ2n) is 5.65. The van der Waals surface area contributed by atoms with Crippen LogP contribution in [0.4, 0.5) is 5.69 Å². The fourth-order valence-corrected chi connectivity index (χ4v) is 2.66. The van der Waals surface area contributed by atoms with Gasteiger partial charge in [0.25, 0.3) is 0 Å². The molecule has 0 radical (unpaired) electrons. The second kappa shape index (κ2) is 5.70. The number of anilines is 1. The molecule has 2 aromatic rings. The number of carbonyl (C=O) groups excluding carboxylic acids is 1. The van der Waals surface area contributed by atoms with Crippen molar-refractivity contribution < 1.29 is 9.90 Å². The van der Waals surface area contributed by atoms with Crippen LogP contribution in [0.1, 0.15) is 36.5 Å². The second-order valence-corrected chi connectivity index (χ2v) is 5.65. The third-order valence-corrected chi connectivity index (χ3v) is 3.99. The first kappa shape index (κ1) is 13.8. The molecule has 3 unspecified atom stereocenters.